The van der Waals surface area contributed by atoms with Gasteiger partial charge < -0.3 is 10.6 Å². The maximum atomic E-state index is 12.4. The fourth-order valence-electron chi connectivity index (χ4n) is 3.11. The minimum Gasteiger partial charge on any atom is -0.350 e. The number of anilines is 1. The maximum Gasteiger partial charge on any atom is 0.274 e. The maximum absolute atomic E-state index is 12.4. The number of nitrogens with one attached hydrogen (secondary N) is 2. The van der Waals surface area contributed by atoms with Gasteiger partial charge in [-0.2, -0.15) is 5.26 Å². The number of hydrogen-bond acceptors (Lipinski definition) is 4. The number of pyridine rings is 1. The third kappa shape index (κ3) is 5.27. The lowest BCUT2D eigenvalue weighted by atomic mass is 9.97. The highest BCUT2D eigenvalue weighted by Gasteiger charge is 2.13. The van der Waals surface area contributed by atoms with Gasteiger partial charge in [0.25, 0.3) is 11.8 Å². The Morgan fingerprint density at radius 2 is 1.86 bits per heavy atom. The molecule has 0 atom stereocenters. The fraction of sp³-hybridized carbons (Fsp3) is 0.273. The molecular formula is C22H22N4O2. The molecular weight excluding hydrogens is 352 g/mol. The van der Waals surface area contributed by atoms with Crippen LogP contribution in [0.3, 0.4) is 0 Å². The van der Waals surface area contributed by atoms with Crippen LogP contribution in [0.25, 0.3) is 0 Å². The molecule has 28 heavy (non-hydrogen) atoms. The van der Waals surface area contributed by atoms with Crippen molar-refractivity contribution in [1.29, 1.82) is 5.26 Å². The number of allylic oxidation sites excluding steroid dienone is 1. The van der Waals surface area contributed by atoms with E-state index in [0.717, 1.165) is 19.3 Å². The van der Waals surface area contributed by atoms with Gasteiger partial charge >= 0.3 is 0 Å². The highest BCUT2D eigenvalue weighted by Crippen LogP contribution is 2.19. The van der Waals surface area contributed by atoms with Crippen LogP contribution in [0.4, 0.5) is 5.69 Å². The average molecular weight is 374 g/mol. The minimum absolute atomic E-state index is 0.144. The lowest BCUT2D eigenvalue weighted by Gasteiger charge is -2.13. The predicted molar refractivity (Wildman–Crippen MR) is 107 cm³/mol. The second kappa shape index (κ2) is 9.47. The zero-order valence-corrected chi connectivity index (χ0v) is 15.6. The summed E-state index contributed by atoms with van der Waals surface area (Å²) in [5.41, 5.74) is 2.70. The van der Waals surface area contributed by atoms with Crippen molar-refractivity contribution in [1.82, 2.24) is 10.3 Å². The van der Waals surface area contributed by atoms with Crippen LogP contribution in [0.1, 0.15) is 58.6 Å². The molecule has 1 aromatic heterocycles. The van der Waals surface area contributed by atoms with Crippen LogP contribution in [0.15, 0.2) is 54.1 Å². The lowest BCUT2D eigenvalue weighted by Crippen LogP contribution is -2.26. The molecule has 0 spiro atoms. The molecule has 1 aliphatic rings. The van der Waals surface area contributed by atoms with E-state index in [1.165, 1.54) is 18.4 Å². The lowest BCUT2D eigenvalue weighted by molar-refractivity contribution is 0.0949. The molecule has 2 N–H and O–H groups in total. The van der Waals surface area contributed by atoms with E-state index in [9.17, 15) is 9.59 Å². The van der Waals surface area contributed by atoms with E-state index in [1.54, 1.807) is 42.5 Å². The molecule has 1 heterocycles. The van der Waals surface area contributed by atoms with Gasteiger partial charge in [0.1, 0.15) is 11.4 Å². The molecule has 0 unspecified atom stereocenters. The van der Waals surface area contributed by atoms with Gasteiger partial charge in [0.05, 0.1) is 11.6 Å². The number of amides is 2. The Morgan fingerprint density at radius 1 is 1.07 bits per heavy atom. The van der Waals surface area contributed by atoms with Crippen molar-refractivity contribution in [3.8, 4) is 6.07 Å². The first kappa shape index (κ1) is 19.3. The molecule has 6 nitrogen and oxygen atoms in total. The van der Waals surface area contributed by atoms with Gasteiger partial charge in [-0.15, -0.1) is 0 Å². The summed E-state index contributed by atoms with van der Waals surface area (Å²) >= 11 is 0. The van der Waals surface area contributed by atoms with Crippen molar-refractivity contribution >= 4 is 17.5 Å². The zero-order chi connectivity index (χ0) is 19.8. The SMILES string of the molecule is N#Cc1cccc(NC(=O)c2cccc(C(=O)NCCC3=CCCCC3)n2)c1. The molecule has 2 amide bonds. The normalized spacial score (nSPS) is 13.2. The van der Waals surface area contributed by atoms with Crippen molar-refractivity contribution in [2.45, 2.75) is 32.1 Å². The fourth-order valence-corrected chi connectivity index (χ4v) is 3.11. The van der Waals surface area contributed by atoms with Gasteiger partial charge in [-0.25, -0.2) is 4.98 Å². The Labute approximate surface area is 164 Å². The standard InChI is InChI=1S/C22H22N4O2/c23-15-17-8-4-9-18(14-17)25-22(28)20-11-5-10-19(26-20)21(27)24-13-12-16-6-2-1-3-7-16/h4-6,8-11,14H,1-3,7,12-13H2,(H,24,27)(H,25,28). The monoisotopic (exact) mass is 374 g/mol. The highest BCUT2D eigenvalue weighted by atomic mass is 16.2. The Morgan fingerprint density at radius 3 is 2.61 bits per heavy atom. The van der Waals surface area contributed by atoms with Crippen LogP contribution < -0.4 is 10.6 Å². The van der Waals surface area contributed by atoms with Gasteiger partial charge in [0.15, 0.2) is 0 Å². The number of hydrogen-bond donors (Lipinski definition) is 2. The first-order valence-electron chi connectivity index (χ1n) is 9.40. The van der Waals surface area contributed by atoms with E-state index in [0.29, 0.717) is 17.8 Å². The number of nitrogens with zero attached hydrogens (tertiary/aromatic N) is 2. The van der Waals surface area contributed by atoms with Crippen LogP contribution in [0.2, 0.25) is 0 Å². The smallest absolute Gasteiger partial charge is 0.274 e. The van der Waals surface area contributed by atoms with Crippen LogP contribution in [0.5, 0.6) is 0 Å². The summed E-state index contributed by atoms with van der Waals surface area (Å²) in [6, 6.07) is 13.4. The van der Waals surface area contributed by atoms with Crippen molar-refractivity contribution in [3.05, 3.63) is 71.1 Å². The van der Waals surface area contributed by atoms with Gasteiger partial charge in [0, 0.05) is 12.2 Å². The predicted octanol–water partition coefficient (Wildman–Crippen LogP) is 3.83. The summed E-state index contributed by atoms with van der Waals surface area (Å²) in [7, 11) is 0. The van der Waals surface area contributed by atoms with Crippen molar-refractivity contribution in [2.75, 3.05) is 11.9 Å². The van der Waals surface area contributed by atoms with Crippen molar-refractivity contribution in [3.63, 3.8) is 0 Å². The number of carbonyl (C=O) groups is 2. The van der Waals surface area contributed by atoms with Gasteiger partial charge in [-0.3, -0.25) is 9.59 Å². The molecule has 142 valence electrons. The number of nitriles is 1. The summed E-state index contributed by atoms with van der Waals surface area (Å²) in [6.45, 7) is 0.559. The molecule has 6 heteroatoms. The topological polar surface area (TPSA) is 94.9 Å². The van der Waals surface area contributed by atoms with Crippen molar-refractivity contribution in [2.24, 2.45) is 0 Å². The van der Waals surface area contributed by atoms with Gasteiger partial charge in [-0.1, -0.05) is 23.8 Å². The molecule has 2 aromatic rings. The third-order valence-corrected chi connectivity index (χ3v) is 4.58. The summed E-state index contributed by atoms with van der Waals surface area (Å²) < 4.78 is 0. The Hall–Kier alpha value is -3.46. The summed E-state index contributed by atoms with van der Waals surface area (Å²) in [5.74, 6) is -0.727. The molecule has 1 aromatic carbocycles. The quantitative estimate of drug-likeness (QED) is 0.751. The van der Waals surface area contributed by atoms with Crippen LogP contribution in [-0.2, 0) is 0 Å². The number of aromatic nitrogens is 1. The molecule has 1 aliphatic carbocycles. The van der Waals surface area contributed by atoms with E-state index in [4.69, 9.17) is 5.26 Å². The van der Waals surface area contributed by atoms with Crippen molar-refractivity contribution < 1.29 is 9.59 Å². The van der Waals surface area contributed by atoms with Gasteiger partial charge in [-0.05, 0) is 62.4 Å². The molecule has 0 bridgehead atoms. The Balaban J connectivity index is 1.59. The molecule has 0 aliphatic heterocycles. The highest BCUT2D eigenvalue weighted by molar-refractivity contribution is 6.03. The van der Waals surface area contributed by atoms with Crippen LogP contribution >= 0.6 is 0 Å². The minimum atomic E-state index is -0.433. The molecule has 3 rings (SSSR count). The Kier molecular flexibility index (Phi) is 6.53. The first-order valence-corrected chi connectivity index (χ1v) is 9.40. The second-order valence-electron chi connectivity index (χ2n) is 6.67. The zero-order valence-electron chi connectivity index (χ0n) is 15.6. The van der Waals surface area contributed by atoms with E-state index in [1.807, 2.05) is 6.07 Å². The van der Waals surface area contributed by atoms with Crippen LogP contribution in [0, 0.1) is 11.3 Å². The Bertz CT molecular complexity index is 944. The summed E-state index contributed by atoms with van der Waals surface area (Å²) in [4.78, 5) is 28.9. The van der Waals surface area contributed by atoms with E-state index in [2.05, 4.69) is 21.7 Å². The van der Waals surface area contributed by atoms with Gasteiger partial charge in [0.2, 0.25) is 0 Å². The molecule has 0 saturated carbocycles. The van der Waals surface area contributed by atoms with E-state index < -0.39 is 5.91 Å². The summed E-state index contributed by atoms with van der Waals surface area (Å²) in [5, 5.41) is 14.5. The second-order valence-corrected chi connectivity index (χ2v) is 6.67. The van der Waals surface area contributed by atoms with Crippen LogP contribution in [-0.4, -0.2) is 23.3 Å². The molecule has 0 saturated heterocycles. The third-order valence-electron chi connectivity index (χ3n) is 4.58. The summed E-state index contributed by atoms with van der Waals surface area (Å²) in [6.07, 6.45) is 7.81. The largest absolute Gasteiger partial charge is 0.350 e. The number of rotatable bonds is 6. The molecule has 0 fully saturated rings. The average Bonchev–Trinajstić information content (AvgIpc) is 2.74. The molecule has 0 radical (unpaired) electrons. The first-order chi connectivity index (χ1) is 13.7. The number of benzene rings is 1. The number of carbonyl (C=O) groups excluding carboxylic acids is 2. The van der Waals surface area contributed by atoms with E-state index >= 15 is 0 Å². The van der Waals surface area contributed by atoms with E-state index in [-0.39, 0.29) is 17.3 Å².